The number of rotatable bonds is 19. The molecule has 9 aromatic rings. The summed E-state index contributed by atoms with van der Waals surface area (Å²) in [6.07, 6.45) is 20.5. The molecule has 8 aromatic carbocycles. The lowest BCUT2D eigenvalue weighted by atomic mass is 9.91. The number of hydrogen-bond acceptors (Lipinski definition) is 16. The van der Waals surface area contributed by atoms with Crippen LogP contribution in [-0.4, -0.2) is 150 Å². The summed E-state index contributed by atoms with van der Waals surface area (Å²) in [5, 5.41) is 56.6. The fraction of sp³-hybridized carbons (Fsp3) is 0.528. The molecule has 0 bridgehead atoms. The number of nitro benzene ring substituents is 2. The van der Waals surface area contributed by atoms with Gasteiger partial charge in [-0.15, -0.1) is 0 Å². The molecule has 131 heavy (non-hydrogen) atoms. The molecule has 1 aromatic heterocycles. The van der Waals surface area contributed by atoms with Gasteiger partial charge < -0.3 is 53.9 Å². The number of non-ortho nitro benzene ring substituents is 2. The second-order valence-corrected chi connectivity index (χ2v) is 35.8. The van der Waals surface area contributed by atoms with Gasteiger partial charge in [-0.2, -0.15) is 24.9 Å². The van der Waals surface area contributed by atoms with Crippen molar-refractivity contribution in [3.63, 3.8) is 0 Å². The van der Waals surface area contributed by atoms with Gasteiger partial charge >= 0.3 is 6.18 Å². The van der Waals surface area contributed by atoms with Crippen LogP contribution in [-0.2, 0) is 52.3 Å². The van der Waals surface area contributed by atoms with Gasteiger partial charge in [-0.3, -0.25) is 20.2 Å². The Morgan fingerprint density at radius 1 is 0.519 bits per heavy atom. The smallest absolute Gasteiger partial charge is 0.416 e. The van der Waals surface area contributed by atoms with Gasteiger partial charge in [-0.25, -0.2) is 4.98 Å². The Kier molecular flexibility index (Phi) is 83.1. The SMILES string of the molecule is CC(C)(C)C.CC1CCCCC1.CCC(C)(C)C.CCCCN(C)CCCC.CCN(C)CC.CCc1cc(Cl)ccc1O.CCc1ccc([N+](=O)[O-])cc1.CCc1ccccc1.CN(C)C.COc1cc(CO)cc(OC)c1C.COc1cc(CO)ccc1C.CSC.Cc1ccc(CO)cc1.Cc1cccc([N+](=O)[O-])c1.Cc1ccccc1C(F)(F)F.Cc1nccn1C. The lowest BCUT2D eigenvalue weighted by Gasteiger charge is -2.15. The maximum absolute atomic E-state index is 12.0. The first-order valence-electron chi connectivity index (χ1n) is 45.6. The maximum atomic E-state index is 12.0. The minimum absolute atomic E-state index is 0.00694. The molecule has 0 saturated heterocycles. The van der Waals surface area contributed by atoms with Crippen molar-refractivity contribution in [1.82, 2.24) is 24.3 Å². The number of aliphatic hydroxyl groups excluding tert-OH is 3. The fourth-order valence-electron chi connectivity index (χ4n) is 9.86. The number of benzene rings is 8. The summed E-state index contributed by atoms with van der Waals surface area (Å²) in [5.41, 5.74) is 11.3. The summed E-state index contributed by atoms with van der Waals surface area (Å²) in [6, 6.07) is 51.2. The van der Waals surface area contributed by atoms with E-state index in [0.717, 1.165) is 112 Å². The minimum Gasteiger partial charge on any atom is -0.508 e. The molecular formula is C108H175ClF3N7O11S. The number of phenols is 1. The molecule has 18 nitrogen and oxygen atoms in total. The standard InChI is InChI=1S/C10H14O3.C9H21N.C9H12O2.C8H9ClO.C8H7F3.C8H9NO2.C8H10O.C8H10.C7H7NO2.C7H14.C6H14.C5H8N2.C5H13N.C5H12.C3H9N.C2H6S/c1-7-9(12-2)4-8(6-11)5-10(7)13-3;1-4-6-8-10(3)9-7-5-2;1-7-3-4-8(6-10)5-9(7)11-2;1-2-6-5-7(9)3-4-8(6)10;1-6-4-2-3-5-7(6)8(9,10)11;1-2-7-3-5-8(6-4-7)9(10)11;1-7-2-4-8(6-9)5-3-7;1-2-8-6-4-3-5-7-8;1-6-3-2-4-7(5-6)8(9)10;1-7-5-3-2-4-6-7;1-5-6(2,3)4;1-5-6-3-4-7(5)2;1-4-6(3)5-2;1-5(2,3)4;1-4(2)3;1-3-2/h4-5,11H,6H2,1-3H3;4-9H2,1-3H3;3-5,10H,6H2,1-2H3;3-5,10H,2H2,1H3;2-5H,1H3;3-6H,2H2,1H3;2-5,9H,6H2,1H3;3-7H,2H2,1H3;2-5H,1H3;7H,2-6H2,1H3;5H2,1-4H3;3-4H,1-2H3;4-5H2,1-3H3;1-4H3;1-3H3;1-2H3. The summed E-state index contributed by atoms with van der Waals surface area (Å²) in [7, 11) is 17.1. The average molecular weight is 1870 g/mol. The molecule has 0 aliphatic heterocycles. The van der Waals surface area contributed by atoms with Crippen LogP contribution < -0.4 is 14.2 Å². The van der Waals surface area contributed by atoms with E-state index in [0.29, 0.717) is 21.6 Å². The molecule has 0 unspecified atom stereocenters. The lowest BCUT2D eigenvalue weighted by Crippen LogP contribution is -2.20. The Bertz CT molecular complexity index is 4150. The van der Waals surface area contributed by atoms with Crippen molar-refractivity contribution in [2.45, 2.75) is 262 Å². The molecule has 0 amide bonds. The third-order valence-corrected chi connectivity index (χ3v) is 19.0. The molecule has 10 rings (SSSR count). The number of ether oxygens (including phenoxy) is 3. The number of thioether (sulfide) groups is 1. The number of aliphatic hydroxyl groups is 3. The zero-order valence-electron chi connectivity index (χ0n) is 86.8. The van der Waals surface area contributed by atoms with Crippen LogP contribution in [0.4, 0.5) is 24.5 Å². The summed E-state index contributed by atoms with van der Waals surface area (Å²) in [6.45, 7) is 51.2. The molecule has 1 aliphatic carbocycles. The van der Waals surface area contributed by atoms with Crippen molar-refractivity contribution < 1.29 is 57.7 Å². The second-order valence-electron chi connectivity index (χ2n) is 34.5. The summed E-state index contributed by atoms with van der Waals surface area (Å²) >= 11 is 7.43. The number of nitrogens with zero attached hydrogens (tertiary/aromatic N) is 7. The van der Waals surface area contributed by atoms with Gasteiger partial charge in [0.25, 0.3) is 11.4 Å². The van der Waals surface area contributed by atoms with Gasteiger partial charge in [-0.05, 0) is 257 Å². The van der Waals surface area contributed by atoms with E-state index in [2.05, 4.69) is 150 Å². The Morgan fingerprint density at radius 3 is 1.25 bits per heavy atom. The molecule has 23 heteroatoms. The third kappa shape index (κ3) is 79.4. The van der Waals surface area contributed by atoms with Gasteiger partial charge in [0.1, 0.15) is 28.8 Å². The predicted octanol–water partition coefficient (Wildman–Crippen LogP) is 28.9. The molecule has 1 saturated carbocycles. The van der Waals surface area contributed by atoms with Gasteiger partial charge in [0.15, 0.2) is 0 Å². The van der Waals surface area contributed by atoms with Crippen LogP contribution in [0.1, 0.15) is 248 Å². The quantitative estimate of drug-likeness (QED) is 0.0436. The first-order valence-corrected chi connectivity index (χ1v) is 47.6. The number of aromatic nitrogens is 2. The van der Waals surface area contributed by atoms with Crippen LogP contribution in [0.15, 0.2) is 188 Å². The molecule has 742 valence electrons. The number of alkyl halides is 3. The monoisotopic (exact) mass is 1870 g/mol. The van der Waals surface area contributed by atoms with Crippen LogP contribution in [0.5, 0.6) is 23.0 Å². The van der Waals surface area contributed by atoms with Gasteiger partial charge in [0.05, 0.1) is 56.6 Å². The highest BCUT2D eigenvalue weighted by atomic mass is 35.5. The maximum Gasteiger partial charge on any atom is 0.416 e. The number of aromatic hydroxyl groups is 1. The van der Waals surface area contributed by atoms with E-state index in [1.165, 1.54) is 126 Å². The molecule has 1 heterocycles. The van der Waals surface area contributed by atoms with Crippen LogP contribution in [0.25, 0.3) is 0 Å². The predicted molar refractivity (Wildman–Crippen MR) is 556 cm³/mol. The first-order chi connectivity index (χ1) is 61.5. The molecule has 0 atom stereocenters. The van der Waals surface area contributed by atoms with Gasteiger partial charge in [0, 0.05) is 54.3 Å². The fourth-order valence-corrected chi connectivity index (χ4v) is 10.1. The normalized spacial score (nSPS) is 10.8. The number of phenolic OH excluding ortho intramolecular Hbond substituents is 1. The number of halogens is 4. The van der Waals surface area contributed by atoms with E-state index in [4.69, 9.17) is 41.1 Å². The molecular weight excluding hydrogens is 1700 g/mol. The van der Waals surface area contributed by atoms with Crippen molar-refractivity contribution in [3.8, 4) is 23.0 Å². The zero-order valence-corrected chi connectivity index (χ0v) is 88.4. The van der Waals surface area contributed by atoms with Crippen LogP contribution in [0, 0.1) is 78.5 Å². The van der Waals surface area contributed by atoms with Gasteiger partial charge in [-0.1, -0.05) is 289 Å². The third-order valence-electron chi connectivity index (χ3n) is 18.7. The number of unbranched alkanes of at least 4 members (excludes halogenated alkanes) is 2. The van der Waals surface area contributed by atoms with Crippen molar-refractivity contribution in [1.29, 1.82) is 0 Å². The zero-order chi connectivity index (χ0) is 102. The Balaban J connectivity index is -0.000000321. The molecule has 0 spiro atoms. The van der Waals surface area contributed by atoms with Crippen LogP contribution >= 0.6 is 23.4 Å². The van der Waals surface area contributed by atoms with E-state index in [1.807, 2.05) is 159 Å². The Hall–Kier alpha value is -8.84. The highest BCUT2D eigenvalue weighted by Gasteiger charge is 2.31. The Labute approximate surface area is 801 Å². The molecule has 1 aliphatic rings. The van der Waals surface area contributed by atoms with Crippen LogP contribution in [0.3, 0.4) is 0 Å². The summed E-state index contributed by atoms with van der Waals surface area (Å²) < 4.78 is 53.5. The topological polar surface area (TPSA) is 222 Å². The van der Waals surface area contributed by atoms with E-state index >= 15 is 0 Å². The van der Waals surface area contributed by atoms with Crippen molar-refractivity contribution in [3.05, 3.63) is 286 Å². The number of nitro groups is 2. The number of hydrogen-bond donors (Lipinski definition) is 4. The van der Waals surface area contributed by atoms with E-state index in [9.17, 15) is 38.5 Å². The molecule has 1 fully saturated rings. The summed E-state index contributed by atoms with van der Waals surface area (Å²) in [4.78, 5) is 30.2. The van der Waals surface area contributed by atoms with Crippen LogP contribution in [0.2, 0.25) is 5.02 Å². The number of methoxy groups -OCH3 is 3. The van der Waals surface area contributed by atoms with Gasteiger partial charge in [0.2, 0.25) is 0 Å². The molecule has 4 N–H and O–H groups in total. The first kappa shape index (κ1) is 133. The minimum atomic E-state index is -4.22. The van der Waals surface area contributed by atoms with Crippen molar-refractivity contribution in [2.24, 2.45) is 23.8 Å². The molecule has 0 radical (unpaired) electrons. The summed E-state index contributed by atoms with van der Waals surface area (Å²) in [5.74, 6) is 4.73. The van der Waals surface area contributed by atoms with E-state index in [-0.39, 0.29) is 41.7 Å². The highest BCUT2D eigenvalue weighted by molar-refractivity contribution is 7.97. The highest BCUT2D eigenvalue weighted by Crippen LogP contribution is 2.32. The van der Waals surface area contributed by atoms with E-state index < -0.39 is 16.7 Å². The second kappa shape index (κ2) is 81.9. The lowest BCUT2D eigenvalue weighted by molar-refractivity contribution is -0.385. The Morgan fingerprint density at radius 2 is 0.947 bits per heavy atom. The van der Waals surface area contributed by atoms with Crippen molar-refractivity contribution >= 4 is 34.7 Å². The largest absolute Gasteiger partial charge is 0.508 e. The van der Waals surface area contributed by atoms with E-state index in [1.54, 1.807) is 100.0 Å². The average Bonchev–Trinajstić information content (AvgIpc) is 1.31. The number of imidazole rings is 1. The van der Waals surface area contributed by atoms with Crippen molar-refractivity contribution in [2.75, 3.05) is 95.3 Å². The number of aryl methyl sites for hydroxylation is 9.